The van der Waals surface area contributed by atoms with E-state index in [1.165, 1.54) is 0 Å². The van der Waals surface area contributed by atoms with Crippen LogP contribution in [0.3, 0.4) is 0 Å². The van der Waals surface area contributed by atoms with Crippen molar-refractivity contribution in [3.8, 4) is 0 Å². The third-order valence-electron chi connectivity index (χ3n) is 6.39. The first kappa shape index (κ1) is 30.6. The normalized spacial score (nSPS) is 23.2. The molecule has 3 aromatic carbocycles. The molecule has 4 rings (SSSR count). The van der Waals surface area contributed by atoms with E-state index in [0.29, 0.717) is 13.2 Å². The maximum absolute atomic E-state index is 13.4. The van der Waals surface area contributed by atoms with Gasteiger partial charge in [-0.25, -0.2) is 4.57 Å². The molecule has 0 saturated carbocycles. The van der Waals surface area contributed by atoms with E-state index in [9.17, 15) is 4.57 Å². The van der Waals surface area contributed by atoms with Crippen molar-refractivity contribution in [2.45, 2.75) is 71.3 Å². The Hall–Kier alpha value is -2.39. The molecule has 1 aliphatic heterocycles. The van der Waals surface area contributed by atoms with Crippen LogP contribution in [0.4, 0.5) is 0 Å². The summed E-state index contributed by atoms with van der Waals surface area (Å²) in [5.74, 6) is 0. The highest BCUT2D eigenvalue weighted by Crippen LogP contribution is 2.52. The van der Waals surface area contributed by atoms with Gasteiger partial charge in [-0.2, -0.15) is 0 Å². The van der Waals surface area contributed by atoms with Gasteiger partial charge in [0.15, 0.2) is 6.29 Å². The van der Waals surface area contributed by atoms with Crippen molar-refractivity contribution in [1.82, 2.24) is 0 Å². The molecule has 1 saturated heterocycles. The first-order valence-electron chi connectivity index (χ1n) is 13.7. The lowest BCUT2D eigenvalue weighted by atomic mass is 9.98. The molecular weight excluding hydrogens is 531 g/mol. The van der Waals surface area contributed by atoms with Crippen molar-refractivity contribution in [2.75, 3.05) is 13.2 Å². The van der Waals surface area contributed by atoms with Gasteiger partial charge in [0.25, 0.3) is 0 Å². The Morgan fingerprint density at radius 2 is 1.02 bits per heavy atom. The van der Waals surface area contributed by atoms with Crippen LogP contribution in [-0.4, -0.2) is 43.9 Å². The SMILES string of the molecule is CCOP(=O)(OCC)O[C@@H]1O[C@@H](C)[C@H](OCc2ccccc2)[C@@H](OCc2ccccc2)[C@H]1OCc1ccccc1. The van der Waals surface area contributed by atoms with Gasteiger partial charge in [-0.1, -0.05) is 91.0 Å². The van der Waals surface area contributed by atoms with Crippen LogP contribution in [0.2, 0.25) is 0 Å². The van der Waals surface area contributed by atoms with Crippen LogP contribution in [-0.2, 0) is 56.9 Å². The number of benzene rings is 3. The van der Waals surface area contributed by atoms with Gasteiger partial charge < -0.3 is 18.9 Å². The minimum absolute atomic E-state index is 0.145. The maximum Gasteiger partial charge on any atom is 0.477 e. The van der Waals surface area contributed by atoms with Gasteiger partial charge in [0.05, 0.1) is 39.1 Å². The standard InChI is InChI=1S/C31H39O8P/c1-4-36-40(32,37-5-2)39-31-30(35-23-27-19-13-8-14-20-27)29(34-22-26-17-11-7-12-18-26)28(24(3)38-31)33-21-25-15-9-6-10-16-25/h6-20,24,28-31H,4-5,21-23H2,1-3H3/t24-,28-,29+,30+,31-/m0/s1. The van der Waals surface area contributed by atoms with Gasteiger partial charge in [0.2, 0.25) is 0 Å². The Balaban J connectivity index is 1.63. The molecular formula is C31H39O8P. The molecule has 0 unspecified atom stereocenters. The van der Waals surface area contributed by atoms with E-state index in [1.54, 1.807) is 13.8 Å². The van der Waals surface area contributed by atoms with Crippen molar-refractivity contribution < 1.29 is 37.1 Å². The highest BCUT2D eigenvalue weighted by Gasteiger charge is 2.50. The highest BCUT2D eigenvalue weighted by atomic mass is 31.2. The summed E-state index contributed by atoms with van der Waals surface area (Å²) in [6.45, 7) is 6.55. The molecule has 5 atom stereocenters. The van der Waals surface area contributed by atoms with E-state index in [2.05, 4.69) is 0 Å². The summed E-state index contributed by atoms with van der Waals surface area (Å²) in [7, 11) is -3.94. The van der Waals surface area contributed by atoms with Crippen LogP contribution in [0.15, 0.2) is 91.0 Å². The summed E-state index contributed by atoms with van der Waals surface area (Å²) in [4.78, 5) is 0. The zero-order valence-corrected chi connectivity index (χ0v) is 24.2. The summed E-state index contributed by atoms with van der Waals surface area (Å²) < 4.78 is 55.9. The van der Waals surface area contributed by atoms with Gasteiger partial charge in [-0.05, 0) is 37.5 Å². The molecule has 40 heavy (non-hydrogen) atoms. The van der Waals surface area contributed by atoms with Crippen molar-refractivity contribution in [3.63, 3.8) is 0 Å². The van der Waals surface area contributed by atoms with Crippen LogP contribution in [0.5, 0.6) is 0 Å². The molecule has 8 nitrogen and oxygen atoms in total. The van der Waals surface area contributed by atoms with Gasteiger partial charge >= 0.3 is 7.82 Å². The lowest BCUT2D eigenvalue weighted by Gasteiger charge is -2.45. The summed E-state index contributed by atoms with van der Waals surface area (Å²) in [5, 5.41) is 0. The number of rotatable bonds is 15. The van der Waals surface area contributed by atoms with Crippen LogP contribution < -0.4 is 0 Å². The highest BCUT2D eigenvalue weighted by molar-refractivity contribution is 7.48. The Morgan fingerprint density at radius 1 is 0.625 bits per heavy atom. The molecule has 0 bridgehead atoms. The molecule has 9 heteroatoms. The fourth-order valence-electron chi connectivity index (χ4n) is 4.50. The number of phosphoric acid groups is 1. The maximum atomic E-state index is 13.4. The quantitative estimate of drug-likeness (QED) is 0.187. The largest absolute Gasteiger partial charge is 0.477 e. The Kier molecular flexibility index (Phi) is 11.9. The lowest BCUT2D eigenvalue weighted by Crippen LogP contribution is -2.59. The predicted octanol–water partition coefficient (Wildman–Crippen LogP) is 6.69. The van der Waals surface area contributed by atoms with Gasteiger partial charge in [-0.15, -0.1) is 0 Å². The van der Waals surface area contributed by atoms with E-state index in [1.807, 2.05) is 97.9 Å². The average Bonchev–Trinajstić information content (AvgIpc) is 2.97. The van der Waals surface area contributed by atoms with Crippen LogP contribution in [0, 0.1) is 0 Å². The molecule has 0 N–H and O–H groups in total. The number of hydrogen-bond donors (Lipinski definition) is 0. The molecule has 1 fully saturated rings. The van der Waals surface area contributed by atoms with E-state index < -0.39 is 38.5 Å². The molecule has 0 spiro atoms. The summed E-state index contributed by atoms with van der Waals surface area (Å²) >= 11 is 0. The van der Waals surface area contributed by atoms with Crippen LogP contribution >= 0.6 is 7.82 Å². The average molecular weight is 571 g/mol. The van der Waals surface area contributed by atoms with Crippen molar-refractivity contribution in [1.29, 1.82) is 0 Å². The van der Waals surface area contributed by atoms with Crippen molar-refractivity contribution >= 4 is 7.82 Å². The zero-order chi connectivity index (χ0) is 28.2. The Morgan fingerprint density at radius 3 is 1.45 bits per heavy atom. The minimum atomic E-state index is -3.94. The second-order valence-electron chi connectivity index (χ2n) is 9.38. The summed E-state index contributed by atoms with van der Waals surface area (Å²) in [5.41, 5.74) is 2.98. The van der Waals surface area contributed by atoms with Gasteiger partial charge in [-0.3, -0.25) is 13.6 Å². The monoisotopic (exact) mass is 570 g/mol. The van der Waals surface area contributed by atoms with Gasteiger partial charge in [0, 0.05) is 0 Å². The topological polar surface area (TPSA) is 81.7 Å². The summed E-state index contributed by atoms with van der Waals surface area (Å²) in [6, 6.07) is 29.6. The first-order valence-corrected chi connectivity index (χ1v) is 15.2. The Labute approximate surface area is 237 Å². The van der Waals surface area contributed by atoms with E-state index in [4.69, 9.17) is 32.5 Å². The molecule has 3 aromatic rings. The fourth-order valence-corrected chi connectivity index (χ4v) is 5.75. The van der Waals surface area contributed by atoms with Gasteiger partial charge in [0.1, 0.15) is 18.3 Å². The third kappa shape index (κ3) is 8.80. The molecule has 216 valence electrons. The number of ether oxygens (including phenoxy) is 4. The Bertz CT molecular complexity index is 1150. The molecule has 1 heterocycles. The summed E-state index contributed by atoms with van der Waals surface area (Å²) in [6.07, 6.45) is -3.53. The lowest BCUT2D eigenvalue weighted by molar-refractivity contribution is -0.303. The second-order valence-corrected chi connectivity index (χ2v) is 11.0. The van der Waals surface area contributed by atoms with E-state index in [0.717, 1.165) is 16.7 Å². The van der Waals surface area contributed by atoms with Crippen molar-refractivity contribution in [3.05, 3.63) is 108 Å². The fraction of sp³-hybridized carbons (Fsp3) is 0.419. The molecule has 0 aliphatic carbocycles. The van der Waals surface area contributed by atoms with Crippen molar-refractivity contribution in [2.24, 2.45) is 0 Å². The number of hydrogen-bond acceptors (Lipinski definition) is 8. The molecule has 0 amide bonds. The second kappa shape index (κ2) is 15.6. The first-order chi connectivity index (χ1) is 19.5. The zero-order valence-electron chi connectivity index (χ0n) is 23.3. The van der Waals surface area contributed by atoms with Crippen LogP contribution in [0.1, 0.15) is 37.5 Å². The van der Waals surface area contributed by atoms with Crippen LogP contribution in [0.25, 0.3) is 0 Å². The smallest absolute Gasteiger partial charge is 0.368 e. The molecule has 0 radical (unpaired) electrons. The minimum Gasteiger partial charge on any atom is -0.368 e. The van der Waals surface area contributed by atoms with E-state index in [-0.39, 0.29) is 19.8 Å². The number of phosphoric ester groups is 1. The molecule has 1 aliphatic rings. The molecule has 0 aromatic heterocycles. The predicted molar refractivity (Wildman–Crippen MR) is 151 cm³/mol. The van der Waals surface area contributed by atoms with E-state index >= 15 is 0 Å². The third-order valence-corrected chi connectivity index (χ3v) is 8.01.